The van der Waals surface area contributed by atoms with E-state index >= 15 is 0 Å². The van der Waals surface area contributed by atoms with Crippen LogP contribution in [-0.2, 0) is 16.4 Å². The van der Waals surface area contributed by atoms with Crippen LogP contribution in [0.5, 0.6) is 5.75 Å². The first kappa shape index (κ1) is 23.1. The molecule has 0 saturated carbocycles. The first-order chi connectivity index (χ1) is 16.5. The van der Waals surface area contributed by atoms with Gasteiger partial charge in [-0.05, 0) is 66.2 Å². The highest BCUT2D eigenvalue weighted by atomic mass is 32.2. The number of anilines is 2. The quantitative estimate of drug-likeness (QED) is 0.343. The highest BCUT2D eigenvalue weighted by molar-refractivity contribution is 7.92. The van der Waals surface area contributed by atoms with E-state index in [2.05, 4.69) is 22.2 Å². The molecule has 7 heteroatoms. The summed E-state index contributed by atoms with van der Waals surface area (Å²) in [6.07, 6.45) is 0.801. The third-order valence-electron chi connectivity index (χ3n) is 5.07. The molecule has 0 atom stereocenters. The van der Waals surface area contributed by atoms with E-state index in [0.717, 1.165) is 6.42 Å². The van der Waals surface area contributed by atoms with E-state index < -0.39 is 10.0 Å². The van der Waals surface area contributed by atoms with Crippen LogP contribution in [0.2, 0.25) is 0 Å². The van der Waals surface area contributed by atoms with Gasteiger partial charge in [0.2, 0.25) is 0 Å². The van der Waals surface area contributed by atoms with Gasteiger partial charge < -0.3 is 10.1 Å². The number of hydrogen-bond donors (Lipinski definition) is 2. The summed E-state index contributed by atoms with van der Waals surface area (Å²) >= 11 is 0. The topological polar surface area (TPSA) is 84.5 Å². The molecule has 0 aliphatic carbocycles. The molecule has 6 nitrogen and oxygen atoms in total. The lowest BCUT2D eigenvalue weighted by Crippen LogP contribution is -2.14. The van der Waals surface area contributed by atoms with Gasteiger partial charge in [-0.2, -0.15) is 0 Å². The number of para-hydroxylation sites is 1. The molecule has 172 valence electrons. The van der Waals surface area contributed by atoms with E-state index in [0.29, 0.717) is 29.3 Å². The van der Waals surface area contributed by atoms with Crippen LogP contribution >= 0.6 is 0 Å². The van der Waals surface area contributed by atoms with Gasteiger partial charge in [0.25, 0.3) is 15.9 Å². The molecule has 0 unspecified atom stereocenters. The highest BCUT2D eigenvalue weighted by Gasteiger charge is 2.14. The van der Waals surface area contributed by atoms with Crippen molar-refractivity contribution in [1.29, 1.82) is 0 Å². The third kappa shape index (κ3) is 6.24. The Hall–Kier alpha value is -4.10. The molecule has 4 aromatic carbocycles. The summed E-state index contributed by atoms with van der Waals surface area (Å²) in [5.41, 5.74) is 2.64. The molecule has 4 aromatic rings. The van der Waals surface area contributed by atoms with Gasteiger partial charge in [-0.1, -0.05) is 48.5 Å². The summed E-state index contributed by atoms with van der Waals surface area (Å²) in [7, 11) is -3.72. The Kier molecular flexibility index (Phi) is 7.25. The third-order valence-corrected chi connectivity index (χ3v) is 6.46. The van der Waals surface area contributed by atoms with Crippen LogP contribution in [0.15, 0.2) is 114 Å². The van der Waals surface area contributed by atoms with Gasteiger partial charge >= 0.3 is 0 Å². The second-order valence-electron chi connectivity index (χ2n) is 7.56. The normalized spacial score (nSPS) is 10.9. The summed E-state index contributed by atoms with van der Waals surface area (Å²) in [5, 5.41) is 2.78. The molecule has 0 radical (unpaired) electrons. The van der Waals surface area contributed by atoms with Crippen molar-refractivity contribution in [1.82, 2.24) is 0 Å². The van der Waals surface area contributed by atoms with Crippen molar-refractivity contribution in [2.75, 3.05) is 16.6 Å². The van der Waals surface area contributed by atoms with Crippen molar-refractivity contribution in [2.45, 2.75) is 11.3 Å². The summed E-state index contributed by atoms with van der Waals surface area (Å²) in [4.78, 5) is 12.7. The van der Waals surface area contributed by atoms with Crippen LogP contribution < -0.4 is 14.8 Å². The number of amides is 1. The zero-order valence-electron chi connectivity index (χ0n) is 18.3. The minimum absolute atomic E-state index is 0.103. The Balaban J connectivity index is 1.31. The predicted octanol–water partition coefficient (Wildman–Crippen LogP) is 5.36. The standard InChI is InChI=1S/C27H24N2O4S/c30-27(22-11-15-25(16-12-22)33-20-19-21-7-3-1-4-8-21)28-23-13-17-26(18-14-23)34(31,32)29-24-9-5-2-6-10-24/h1-18,29H,19-20H2,(H,28,30). The van der Waals surface area contributed by atoms with Crippen molar-refractivity contribution < 1.29 is 17.9 Å². The summed E-state index contributed by atoms with van der Waals surface area (Å²) in [6, 6.07) is 31.6. The molecule has 0 aliphatic heterocycles. The van der Waals surface area contributed by atoms with Crippen LogP contribution in [0.3, 0.4) is 0 Å². The lowest BCUT2D eigenvalue weighted by molar-refractivity contribution is 0.102. The average Bonchev–Trinajstić information content (AvgIpc) is 2.86. The zero-order chi connectivity index (χ0) is 23.8. The number of carbonyl (C=O) groups excluding carboxylic acids is 1. The molecule has 0 heterocycles. The Morgan fingerprint density at radius 3 is 1.97 bits per heavy atom. The first-order valence-corrected chi connectivity index (χ1v) is 12.2. The molecule has 34 heavy (non-hydrogen) atoms. The minimum atomic E-state index is -3.72. The fraction of sp³-hybridized carbons (Fsp3) is 0.0741. The van der Waals surface area contributed by atoms with Crippen LogP contribution in [-0.4, -0.2) is 20.9 Å². The highest BCUT2D eigenvalue weighted by Crippen LogP contribution is 2.19. The monoisotopic (exact) mass is 472 g/mol. The summed E-state index contributed by atoms with van der Waals surface area (Å²) in [5.74, 6) is 0.391. The van der Waals surface area contributed by atoms with E-state index in [1.165, 1.54) is 17.7 Å². The van der Waals surface area contributed by atoms with Crippen molar-refractivity contribution in [2.24, 2.45) is 0 Å². The number of ether oxygens (including phenoxy) is 1. The Morgan fingerprint density at radius 1 is 0.706 bits per heavy atom. The maximum Gasteiger partial charge on any atom is 0.261 e. The zero-order valence-corrected chi connectivity index (χ0v) is 19.2. The van der Waals surface area contributed by atoms with Gasteiger partial charge in [0.1, 0.15) is 5.75 Å². The van der Waals surface area contributed by atoms with Gasteiger partial charge in [-0.25, -0.2) is 8.42 Å². The number of nitrogens with one attached hydrogen (secondary N) is 2. The minimum Gasteiger partial charge on any atom is -0.493 e. The smallest absolute Gasteiger partial charge is 0.261 e. The van der Waals surface area contributed by atoms with Crippen molar-refractivity contribution in [3.05, 3.63) is 120 Å². The number of benzene rings is 4. The van der Waals surface area contributed by atoms with E-state index in [-0.39, 0.29) is 10.8 Å². The fourth-order valence-electron chi connectivity index (χ4n) is 3.27. The molecule has 0 fully saturated rings. The lowest BCUT2D eigenvalue weighted by Gasteiger charge is -2.10. The first-order valence-electron chi connectivity index (χ1n) is 10.8. The van der Waals surface area contributed by atoms with Gasteiger partial charge in [-0.15, -0.1) is 0 Å². The molecule has 0 aromatic heterocycles. The molecule has 2 N–H and O–H groups in total. The molecule has 0 spiro atoms. The van der Waals surface area contributed by atoms with Gasteiger partial charge in [0.15, 0.2) is 0 Å². The second-order valence-corrected chi connectivity index (χ2v) is 9.24. The van der Waals surface area contributed by atoms with E-state index in [4.69, 9.17) is 4.74 Å². The predicted molar refractivity (Wildman–Crippen MR) is 134 cm³/mol. The largest absolute Gasteiger partial charge is 0.493 e. The SMILES string of the molecule is O=C(Nc1ccc(S(=O)(=O)Nc2ccccc2)cc1)c1ccc(OCCc2ccccc2)cc1. The van der Waals surface area contributed by atoms with E-state index in [1.54, 1.807) is 60.7 Å². The second kappa shape index (κ2) is 10.7. The van der Waals surface area contributed by atoms with E-state index in [1.807, 2.05) is 24.3 Å². The maximum absolute atomic E-state index is 12.6. The molecular weight excluding hydrogens is 448 g/mol. The van der Waals surface area contributed by atoms with Crippen molar-refractivity contribution >= 4 is 27.3 Å². The molecule has 4 rings (SSSR count). The van der Waals surface area contributed by atoms with Crippen LogP contribution in [0.25, 0.3) is 0 Å². The maximum atomic E-state index is 12.6. The molecule has 0 bridgehead atoms. The van der Waals surface area contributed by atoms with Crippen LogP contribution in [0.1, 0.15) is 15.9 Å². The lowest BCUT2D eigenvalue weighted by atomic mass is 10.2. The summed E-state index contributed by atoms with van der Waals surface area (Å²) in [6.45, 7) is 0.546. The van der Waals surface area contributed by atoms with Crippen LogP contribution in [0.4, 0.5) is 11.4 Å². The number of carbonyl (C=O) groups is 1. The Morgan fingerprint density at radius 2 is 1.32 bits per heavy atom. The van der Waals surface area contributed by atoms with Crippen molar-refractivity contribution in [3.8, 4) is 5.75 Å². The molecule has 1 amide bonds. The molecule has 0 aliphatic rings. The van der Waals surface area contributed by atoms with Crippen molar-refractivity contribution in [3.63, 3.8) is 0 Å². The molecular formula is C27H24N2O4S. The fourth-order valence-corrected chi connectivity index (χ4v) is 4.33. The van der Waals surface area contributed by atoms with Gasteiger partial charge in [0.05, 0.1) is 11.5 Å². The molecule has 0 saturated heterocycles. The Labute approximate surface area is 199 Å². The number of sulfonamides is 1. The van der Waals surface area contributed by atoms with Gasteiger partial charge in [-0.3, -0.25) is 9.52 Å². The number of hydrogen-bond acceptors (Lipinski definition) is 4. The summed E-state index contributed by atoms with van der Waals surface area (Å²) < 4.78 is 33.3. The van der Waals surface area contributed by atoms with E-state index in [9.17, 15) is 13.2 Å². The average molecular weight is 473 g/mol. The number of rotatable bonds is 9. The van der Waals surface area contributed by atoms with Gasteiger partial charge in [0, 0.05) is 23.4 Å². The Bertz CT molecular complexity index is 1320. The van der Waals surface area contributed by atoms with Crippen LogP contribution in [0, 0.1) is 0 Å².